The lowest BCUT2D eigenvalue weighted by atomic mass is 9.76. The fraction of sp³-hybridized carbons (Fsp3) is 0.538. The Morgan fingerprint density at radius 3 is 2.71 bits per heavy atom. The number of hydrogen-bond acceptors (Lipinski definition) is 2. The Morgan fingerprint density at radius 1 is 1.29 bits per heavy atom. The molecular formula is C13H17ClNOP. The second kappa shape index (κ2) is 3.93. The summed E-state index contributed by atoms with van der Waals surface area (Å²) in [5.74, 6) is 0. The maximum Gasteiger partial charge on any atom is 0.208 e. The third kappa shape index (κ3) is 1.51. The van der Waals surface area contributed by atoms with Crippen molar-refractivity contribution in [2.24, 2.45) is 0 Å². The molecule has 0 N–H and O–H groups in total. The second-order valence-corrected chi connectivity index (χ2v) is 7.20. The molecule has 3 atom stereocenters. The molecule has 2 fully saturated rings. The molecule has 2 aliphatic heterocycles. The van der Waals surface area contributed by atoms with E-state index in [1.165, 1.54) is 12.0 Å². The largest absolute Gasteiger partial charge is 0.318 e. The maximum atomic E-state index is 6.41. The molecule has 0 bridgehead atoms. The highest BCUT2D eigenvalue weighted by Crippen LogP contribution is 2.69. The molecule has 0 saturated carbocycles. The molecular weight excluding hydrogens is 253 g/mol. The van der Waals surface area contributed by atoms with Gasteiger partial charge in [0.15, 0.2) is 0 Å². The predicted molar refractivity (Wildman–Crippen MR) is 72.0 cm³/mol. The van der Waals surface area contributed by atoms with Crippen molar-refractivity contribution in [2.75, 3.05) is 6.54 Å². The highest BCUT2D eigenvalue weighted by atomic mass is 35.7. The van der Waals surface area contributed by atoms with Crippen molar-refractivity contribution in [2.45, 2.75) is 37.8 Å². The Labute approximate surface area is 109 Å². The van der Waals surface area contributed by atoms with Gasteiger partial charge in [-0.05, 0) is 43.5 Å². The minimum atomic E-state index is -0.960. The van der Waals surface area contributed by atoms with Crippen LogP contribution in [0.1, 0.15) is 32.3 Å². The Balaban J connectivity index is 2.08. The highest BCUT2D eigenvalue weighted by Gasteiger charge is 2.61. The van der Waals surface area contributed by atoms with Crippen LogP contribution in [-0.4, -0.2) is 16.8 Å². The van der Waals surface area contributed by atoms with Gasteiger partial charge in [0.05, 0.1) is 5.54 Å². The Kier molecular flexibility index (Phi) is 2.75. The summed E-state index contributed by atoms with van der Waals surface area (Å²) in [4.78, 5) is 0. The van der Waals surface area contributed by atoms with Crippen molar-refractivity contribution >= 4 is 18.9 Å². The summed E-state index contributed by atoms with van der Waals surface area (Å²) in [7, 11) is -0.960. The van der Waals surface area contributed by atoms with Crippen molar-refractivity contribution < 1.29 is 4.52 Å². The molecule has 2 saturated heterocycles. The van der Waals surface area contributed by atoms with Crippen molar-refractivity contribution in [1.29, 1.82) is 0 Å². The lowest BCUT2D eigenvalue weighted by Gasteiger charge is -2.39. The minimum Gasteiger partial charge on any atom is -0.318 e. The number of fused-ring (bicyclic) bond motifs is 1. The number of nitrogens with zero attached hydrogens (tertiary/aromatic N) is 1. The molecule has 3 unspecified atom stereocenters. The van der Waals surface area contributed by atoms with E-state index in [9.17, 15) is 0 Å². The first-order valence-corrected chi connectivity index (χ1v) is 8.18. The first kappa shape index (κ1) is 11.9. The molecule has 0 aliphatic carbocycles. The first-order chi connectivity index (χ1) is 8.08. The van der Waals surface area contributed by atoms with Gasteiger partial charge in [0.25, 0.3) is 0 Å². The van der Waals surface area contributed by atoms with Crippen LogP contribution in [-0.2, 0) is 10.1 Å². The molecule has 4 heteroatoms. The smallest absolute Gasteiger partial charge is 0.208 e. The SMILES string of the molecule is CC1(c2ccccc2)OP(Cl)N2CCCC21C. The van der Waals surface area contributed by atoms with E-state index in [4.69, 9.17) is 15.8 Å². The fourth-order valence-corrected chi connectivity index (χ4v) is 5.88. The molecule has 3 rings (SSSR count). The number of hydrogen-bond donors (Lipinski definition) is 0. The molecule has 0 radical (unpaired) electrons. The van der Waals surface area contributed by atoms with Gasteiger partial charge in [0, 0.05) is 6.54 Å². The highest BCUT2D eigenvalue weighted by molar-refractivity contribution is 7.78. The quantitative estimate of drug-likeness (QED) is 0.707. The van der Waals surface area contributed by atoms with Crippen LogP contribution in [0.2, 0.25) is 0 Å². The number of halogens is 1. The van der Waals surface area contributed by atoms with E-state index in [0.29, 0.717) is 0 Å². The second-order valence-electron chi connectivity index (χ2n) is 5.22. The van der Waals surface area contributed by atoms with Gasteiger partial charge in [0.1, 0.15) is 5.60 Å². The van der Waals surface area contributed by atoms with Gasteiger partial charge >= 0.3 is 0 Å². The van der Waals surface area contributed by atoms with Gasteiger partial charge in [-0.3, -0.25) is 0 Å². The van der Waals surface area contributed by atoms with E-state index >= 15 is 0 Å². The zero-order valence-electron chi connectivity index (χ0n) is 10.2. The first-order valence-electron chi connectivity index (χ1n) is 6.06. The Hall–Kier alpha value is -0.140. The van der Waals surface area contributed by atoms with Crippen LogP contribution < -0.4 is 0 Å². The lowest BCUT2D eigenvalue weighted by molar-refractivity contribution is 0.0283. The fourth-order valence-electron chi connectivity index (χ4n) is 3.10. The molecule has 2 nitrogen and oxygen atoms in total. The summed E-state index contributed by atoms with van der Waals surface area (Å²) in [6, 6.07) is 10.5. The molecule has 2 aliphatic rings. The van der Waals surface area contributed by atoms with E-state index in [1.54, 1.807) is 0 Å². The van der Waals surface area contributed by atoms with Crippen molar-refractivity contribution in [1.82, 2.24) is 4.67 Å². The Morgan fingerprint density at radius 2 is 2.00 bits per heavy atom. The van der Waals surface area contributed by atoms with Gasteiger partial charge in [-0.15, -0.1) is 0 Å². The average Bonchev–Trinajstić information content (AvgIpc) is 2.80. The molecule has 92 valence electrons. The standard InChI is InChI=1S/C13H17ClNOP/c1-12-9-6-10-15(12)17(14)16-13(12,2)11-7-4-3-5-8-11/h3-5,7-8H,6,9-10H2,1-2H3. The van der Waals surface area contributed by atoms with Crippen LogP contribution in [0.4, 0.5) is 0 Å². The van der Waals surface area contributed by atoms with E-state index in [-0.39, 0.29) is 11.1 Å². The average molecular weight is 270 g/mol. The maximum absolute atomic E-state index is 6.41. The summed E-state index contributed by atoms with van der Waals surface area (Å²) in [5, 5.41) is 0. The van der Waals surface area contributed by atoms with Crippen molar-refractivity contribution in [3.8, 4) is 0 Å². The topological polar surface area (TPSA) is 12.5 Å². The monoisotopic (exact) mass is 269 g/mol. The predicted octanol–water partition coefficient (Wildman–Crippen LogP) is 4.25. The molecule has 0 aromatic heterocycles. The molecule has 1 aromatic rings. The van der Waals surface area contributed by atoms with Crippen LogP contribution in [0, 0.1) is 0 Å². The third-order valence-corrected chi connectivity index (χ3v) is 6.69. The molecule has 2 heterocycles. The van der Waals surface area contributed by atoms with E-state index in [1.807, 2.05) is 6.07 Å². The van der Waals surface area contributed by atoms with Gasteiger partial charge < -0.3 is 4.52 Å². The zero-order valence-corrected chi connectivity index (χ0v) is 11.8. The van der Waals surface area contributed by atoms with Gasteiger partial charge in [-0.25, -0.2) is 4.67 Å². The molecule has 17 heavy (non-hydrogen) atoms. The van der Waals surface area contributed by atoms with Crippen LogP contribution >= 0.6 is 18.9 Å². The van der Waals surface area contributed by atoms with E-state index in [0.717, 1.165) is 13.0 Å². The van der Waals surface area contributed by atoms with Gasteiger partial charge in [-0.2, -0.15) is 0 Å². The number of rotatable bonds is 1. The third-order valence-electron chi connectivity index (χ3n) is 4.40. The summed E-state index contributed by atoms with van der Waals surface area (Å²) < 4.78 is 8.52. The molecule has 0 amide bonds. The van der Waals surface area contributed by atoms with Crippen molar-refractivity contribution in [3.63, 3.8) is 0 Å². The molecule has 1 aromatic carbocycles. The summed E-state index contributed by atoms with van der Waals surface area (Å²) in [5.41, 5.74) is 1.00. The van der Waals surface area contributed by atoms with Crippen LogP contribution in [0.5, 0.6) is 0 Å². The van der Waals surface area contributed by atoms with Gasteiger partial charge in [0.2, 0.25) is 7.65 Å². The van der Waals surface area contributed by atoms with Crippen LogP contribution in [0.25, 0.3) is 0 Å². The lowest BCUT2D eigenvalue weighted by Crippen LogP contribution is -2.48. The van der Waals surface area contributed by atoms with E-state index < -0.39 is 7.65 Å². The summed E-state index contributed by atoms with van der Waals surface area (Å²) >= 11 is 6.41. The van der Waals surface area contributed by atoms with Crippen LogP contribution in [0.3, 0.4) is 0 Å². The van der Waals surface area contributed by atoms with Crippen molar-refractivity contribution in [3.05, 3.63) is 35.9 Å². The van der Waals surface area contributed by atoms with Gasteiger partial charge in [-0.1, -0.05) is 30.3 Å². The normalized spacial score (nSPS) is 41.7. The molecule has 0 spiro atoms. The Bertz CT molecular complexity index is 429. The zero-order chi connectivity index (χ0) is 12.1. The summed E-state index contributed by atoms with van der Waals surface area (Å²) in [6.07, 6.45) is 2.37. The minimum absolute atomic E-state index is 0.0435. The number of benzene rings is 1. The summed E-state index contributed by atoms with van der Waals surface area (Å²) in [6.45, 7) is 5.54. The van der Waals surface area contributed by atoms with Crippen LogP contribution in [0.15, 0.2) is 30.3 Å². The van der Waals surface area contributed by atoms with E-state index in [2.05, 4.69) is 42.8 Å².